The van der Waals surface area contributed by atoms with Crippen LogP contribution in [-0.2, 0) is 13.0 Å². The van der Waals surface area contributed by atoms with Gasteiger partial charge < -0.3 is 9.47 Å². The van der Waals surface area contributed by atoms with Crippen LogP contribution in [0.25, 0.3) is 22.7 Å². The number of hydrogen-bond donors (Lipinski definition) is 0. The fourth-order valence-electron chi connectivity index (χ4n) is 2.44. The van der Waals surface area contributed by atoms with Gasteiger partial charge in [0.25, 0.3) is 0 Å². The molecule has 0 saturated carbocycles. The van der Waals surface area contributed by atoms with Crippen molar-refractivity contribution in [3.05, 3.63) is 23.2 Å². The quantitative estimate of drug-likeness (QED) is 0.680. The number of hydrogen-bond acceptors (Lipinski definition) is 5. The first kappa shape index (κ1) is 10.9. The lowest BCUT2D eigenvalue weighted by atomic mass is 10.2. The topological polar surface area (TPSA) is 46.8 Å². The van der Waals surface area contributed by atoms with Crippen LogP contribution in [0.5, 0.6) is 0 Å². The average Bonchev–Trinajstić information content (AvgIpc) is 2.99. The summed E-state index contributed by atoms with van der Waals surface area (Å²) in [6.07, 6.45) is 2.83. The lowest BCUT2D eigenvalue weighted by Gasteiger charge is -2.12. The van der Waals surface area contributed by atoms with Crippen molar-refractivity contribution in [1.29, 1.82) is 0 Å². The number of rotatable bonds is 1. The number of pyridine rings is 1. The predicted molar refractivity (Wildman–Crippen MR) is 76.7 cm³/mol. The van der Waals surface area contributed by atoms with Crippen LogP contribution in [0.4, 0.5) is 5.13 Å². The van der Waals surface area contributed by atoms with Gasteiger partial charge in [0, 0.05) is 38.1 Å². The van der Waals surface area contributed by atoms with Crippen molar-refractivity contribution < 1.29 is 0 Å². The molecule has 0 aliphatic carbocycles. The molecule has 0 saturated heterocycles. The maximum atomic E-state index is 4.72. The minimum absolute atomic E-state index is 0.935. The molecule has 0 fully saturated rings. The minimum Gasteiger partial charge on any atom is -0.354 e. The number of anilines is 1. The Balaban J connectivity index is 1.98. The van der Waals surface area contributed by atoms with Crippen LogP contribution < -0.4 is 4.90 Å². The fraction of sp³-hybridized carbons (Fsp3) is 0.308. The van der Waals surface area contributed by atoms with E-state index in [1.807, 2.05) is 37.3 Å². The molecular weight excluding hydrogens is 258 g/mol. The second-order valence-electron chi connectivity index (χ2n) is 4.85. The van der Waals surface area contributed by atoms with Gasteiger partial charge in [0.2, 0.25) is 0 Å². The standard InChI is InChI=1S/C13H13N5S/c1-17(2)13-16-10-9(19-13)5-7-18-11-8(15-12(10)18)4-3-6-14-11/h3-4,6H,5,7H2,1-2H3. The molecule has 0 unspecified atom stereocenters. The highest BCUT2D eigenvalue weighted by molar-refractivity contribution is 7.16. The molecule has 6 heteroatoms. The van der Waals surface area contributed by atoms with Gasteiger partial charge in [0.15, 0.2) is 16.6 Å². The summed E-state index contributed by atoms with van der Waals surface area (Å²) in [6, 6.07) is 3.93. The fourth-order valence-corrected chi connectivity index (χ4v) is 3.41. The van der Waals surface area contributed by atoms with Crippen molar-refractivity contribution >= 4 is 27.6 Å². The van der Waals surface area contributed by atoms with Gasteiger partial charge in [-0.3, -0.25) is 0 Å². The summed E-state index contributed by atoms with van der Waals surface area (Å²) in [6.45, 7) is 0.935. The molecule has 4 heterocycles. The molecular formula is C13H13N5S. The van der Waals surface area contributed by atoms with Crippen LogP contribution >= 0.6 is 11.3 Å². The highest BCUT2D eigenvalue weighted by Crippen LogP contribution is 2.36. The Labute approximate surface area is 114 Å². The van der Waals surface area contributed by atoms with Crippen LogP contribution in [0.3, 0.4) is 0 Å². The van der Waals surface area contributed by atoms with Crippen LogP contribution in [0.1, 0.15) is 4.88 Å². The van der Waals surface area contributed by atoms with Crippen molar-refractivity contribution in [1.82, 2.24) is 19.5 Å². The molecule has 0 aromatic carbocycles. The van der Waals surface area contributed by atoms with Crippen molar-refractivity contribution in [2.45, 2.75) is 13.0 Å². The zero-order chi connectivity index (χ0) is 13.0. The van der Waals surface area contributed by atoms with Gasteiger partial charge in [-0.2, -0.15) is 0 Å². The molecule has 1 aliphatic heterocycles. The van der Waals surface area contributed by atoms with Crippen molar-refractivity contribution in [2.75, 3.05) is 19.0 Å². The first-order valence-corrected chi connectivity index (χ1v) is 7.04. The van der Waals surface area contributed by atoms with Crippen molar-refractivity contribution in [3.63, 3.8) is 0 Å². The molecule has 0 bridgehead atoms. The lowest BCUT2D eigenvalue weighted by molar-refractivity contribution is 0.701. The summed E-state index contributed by atoms with van der Waals surface area (Å²) in [7, 11) is 4.05. The number of nitrogens with zero attached hydrogens (tertiary/aromatic N) is 5. The Morgan fingerprint density at radius 2 is 2.21 bits per heavy atom. The van der Waals surface area contributed by atoms with Crippen LogP contribution in [0, 0.1) is 0 Å². The monoisotopic (exact) mass is 271 g/mol. The van der Waals surface area contributed by atoms with Gasteiger partial charge in [-0.05, 0) is 12.1 Å². The largest absolute Gasteiger partial charge is 0.354 e. The minimum atomic E-state index is 0.935. The van der Waals surface area contributed by atoms with Gasteiger partial charge in [-0.25, -0.2) is 15.0 Å². The Morgan fingerprint density at radius 3 is 3.05 bits per heavy atom. The number of aryl methyl sites for hydroxylation is 2. The summed E-state index contributed by atoms with van der Waals surface area (Å²) in [4.78, 5) is 17.2. The van der Waals surface area contributed by atoms with Gasteiger partial charge >= 0.3 is 0 Å². The van der Waals surface area contributed by atoms with E-state index < -0.39 is 0 Å². The van der Waals surface area contributed by atoms with E-state index in [4.69, 9.17) is 9.97 Å². The molecule has 1 aliphatic rings. The first-order chi connectivity index (χ1) is 9.24. The van der Waals surface area contributed by atoms with Crippen LogP contribution in [0.2, 0.25) is 0 Å². The van der Waals surface area contributed by atoms with Crippen LogP contribution in [0.15, 0.2) is 18.3 Å². The Hall–Kier alpha value is -1.95. The van der Waals surface area contributed by atoms with Crippen molar-refractivity contribution in [3.8, 4) is 11.5 Å². The van der Waals surface area contributed by atoms with E-state index >= 15 is 0 Å². The first-order valence-electron chi connectivity index (χ1n) is 6.22. The third-order valence-electron chi connectivity index (χ3n) is 3.35. The highest BCUT2D eigenvalue weighted by atomic mass is 32.1. The van der Waals surface area contributed by atoms with E-state index in [0.29, 0.717) is 0 Å². The van der Waals surface area contributed by atoms with E-state index in [1.54, 1.807) is 11.3 Å². The third kappa shape index (κ3) is 1.49. The molecule has 0 spiro atoms. The zero-order valence-corrected chi connectivity index (χ0v) is 11.6. The smallest absolute Gasteiger partial charge is 0.185 e. The molecule has 3 aromatic heterocycles. The van der Waals surface area contributed by atoms with Gasteiger partial charge in [0.05, 0.1) is 0 Å². The molecule has 19 heavy (non-hydrogen) atoms. The second-order valence-corrected chi connectivity index (χ2v) is 5.91. The molecule has 3 aromatic rings. The number of fused-ring (bicyclic) bond motifs is 5. The highest BCUT2D eigenvalue weighted by Gasteiger charge is 2.25. The zero-order valence-electron chi connectivity index (χ0n) is 10.8. The van der Waals surface area contributed by atoms with E-state index in [-0.39, 0.29) is 0 Å². The summed E-state index contributed by atoms with van der Waals surface area (Å²) < 4.78 is 2.18. The maximum absolute atomic E-state index is 4.72. The maximum Gasteiger partial charge on any atom is 0.185 e. The Morgan fingerprint density at radius 1 is 1.32 bits per heavy atom. The molecule has 4 rings (SSSR count). The summed E-state index contributed by atoms with van der Waals surface area (Å²) in [5.74, 6) is 0.958. The summed E-state index contributed by atoms with van der Waals surface area (Å²) in [5.41, 5.74) is 2.94. The van der Waals surface area contributed by atoms with E-state index in [1.165, 1.54) is 4.88 Å². The number of aromatic nitrogens is 4. The SMILES string of the molecule is CN(C)c1nc2c(s1)CCn1c-2nc2cccnc21. The number of imidazole rings is 1. The van der Waals surface area contributed by atoms with Gasteiger partial charge in [-0.15, -0.1) is 11.3 Å². The molecule has 96 valence electrons. The Bertz CT molecular complexity index is 771. The van der Waals surface area contributed by atoms with E-state index in [2.05, 4.69) is 9.55 Å². The number of thiazole rings is 1. The lowest BCUT2D eigenvalue weighted by Crippen LogP contribution is -2.10. The van der Waals surface area contributed by atoms with Crippen LogP contribution in [-0.4, -0.2) is 33.6 Å². The third-order valence-corrected chi connectivity index (χ3v) is 4.63. The van der Waals surface area contributed by atoms with E-state index in [9.17, 15) is 0 Å². The molecule has 5 nitrogen and oxygen atoms in total. The van der Waals surface area contributed by atoms with Crippen molar-refractivity contribution in [2.24, 2.45) is 0 Å². The average molecular weight is 271 g/mol. The molecule has 0 N–H and O–H groups in total. The van der Waals surface area contributed by atoms with Gasteiger partial charge in [-0.1, -0.05) is 0 Å². The van der Waals surface area contributed by atoms with E-state index in [0.717, 1.165) is 40.8 Å². The Kier molecular flexibility index (Phi) is 2.17. The second kappa shape index (κ2) is 3.77. The predicted octanol–water partition coefficient (Wildman–Crippen LogP) is 2.18. The summed E-state index contributed by atoms with van der Waals surface area (Å²) >= 11 is 1.76. The normalized spacial score (nSPS) is 13.4. The summed E-state index contributed by atoms with van der Waals surface area (Å²) in [5, 5.41) is 1.04. The molecule has 0 atom stereocenters. The van der Waals surface area contributed by atoms with Gasteiger partial charge in [0.1, 0.15) is 11.2 Å². The molecule has 0 radical (unpaired) electrons. The molecule has 0 amide bonds.